The number of anilines is 3. The summed E-state index contributed by atoms with van der Waals surface area (Å²) in [6, 6.07) is 14.0. The summed E-state index contributed by atoms with van der Waals surface area (Å²) in [6.07, 6.45) is 6.72. The van der Waals surface area contributed by atoms with Crippen molar-refractivity contribution in [1.82, 2.24) is 29.1 Å². The summed E-state index contributed by atoms with van der Waals surface area (Å²) in [4.78, 5) is 22.3. The maximum absolute atomic E-state index is 5.44. The van der Waals surface area contributed by atoms with Gasteiger partial charge in [-0.05, 0) is 43.5 Å². The van der Waals surface area contributed by atoms with Gasteiger partial charge in [-0.1, -0.05) is 35.4 Å². The molecule has 0 aliphatic carbocycles. The summed E-state index contributed by atoms with van der Waals surface area (Å²) in [7, 11) is 1.67. The van der Waals surface area contributed by atoms with E-state index in [9.17, 15) is 0 Å². The predicted octanol–water partition coefficient (Wildman–Crippen LogP) is 5.28. The highest BCUT2D eigenvalue weighted by atomic mass is 32.2. The maximum Gasteiger partial charge on any atom is 0.227 e. The van der Waals surface area contributed by atoms with Gasteiger partial charge in [0.05, 0.1) is 35.3 Å². The number of pyridine rings is 1. The van der Waals surface area contributed by atoms with Crippen LogP contribution in [0.25, 0.3) is 21.8 Å². The normalized spacial score (nSPS) is 14.3. The zero-order valence-electron chi connectivity index (χ0n) is 22.6. The van der Waals surface area contributed by atoms with E-state index in [1.54, 1.807) is 24.6 Å². The topological polar surface area (TPSA) is 91.3 Å². The van der Waals surface area contributed by atoms with Crippen molar-refractivity contribution in [3.8, 4) is 27.6 Å². The largest absolute Gasteiger partial charge is 0.497 e. The van der Waals surface area contributed by atoms with Crippen molar-refractivity contribution in [2.24, 2.45) is 0 Å². The van der Waals surface area contributed by atoms with Gasteiger partial charge in [0.25, 0.3) is 0 Å². The summed E-state index contributed by atoms with van der Waals surface area (Å²) in [5.41, 5.74) is 4.59. The molecule has 0 atom stereocenters. The van der Waals surface area contributed by atoms with Gasteiger partial charge in [-0.15, -0.1) is 0 Å². The number of nitrogens with zero attached hydrogens (tertiary/aromatic N) is 6. The van der Waals surface area contributed by atoms with Gasteiger partial charge < -0.3 is 20.3 Å². The van der Waals surface area contributed by atoms with Gasteiger partial charge >= 0.3 is 0 Å². The molecule has 1 fully saturated rings. The fraction of sp³-hybridized carbons (Fsp3) is 0.357. The standard InChI is InChI=1S/C28H34N8OS2/c1-4-29-28-34-25(20-6-5-7-23(18-20)37-2)26(39-28)24-10-12-30-27(33-24)32-22-9-8-21(31-19-22)11-13-35-14-16-36(38-3)17-15-35/h5-10,12,18-19H,4,11,13-17H2,1-3H3,(H,29,34)(H,30,32,33). The van der Waals surface area contributed by atoms with Crippen LogP contribution >= 0.6 is 23.3 Å². The van der Waals surface area contributed by atoms with Crippen LogP contribution in [-0.4, -0.2) is 81.8 Å². The van der Waals surface area contributed by atoms with Crippen molar-refractivity contribution in [3.05, 3.63) is 60.6 Å². The number of benzene rings is 1. The van der Waals surface area contributed by atoms with E-state index in [0.717, 1.165) is 89.8 Å². The second kappa shape index (κ2) is 13.2. The highest BCUT2D eigenvalue weighted by Gasteiger charge is 2.18. The van der Waals surface area contributed by atoms with E-state index in [2.05, 4.69) is 49.1 Å². The summed E-state index contributed by atoms with van der Waals surface area (Å²) in [5.74, 6) is 1.30. The number of nitrogens with one attached hydrogen (secondary N) is 2. The van der Waals surface area contributed by atoms with Crippen LogP contribution in [0.5, 0.6) is 5.75 Å². The molecule has 1 aromatic carbocycles. The number of aromatic nitrogens is 4. The number of piperazine rings is 1. The van der Waals surface area contributed by atoms with E-state index in [-0.39, 0.29) is 0 Å². The van der Waals surface area contributed by atoms with Gasteiger partial charge in [-0.25, -0.2) is 19.3 Å². The molecule has 204 valence electrons. The molecular formula is C28H34N8OS2. The zero-order valence-corrected chi connectivity index (χ0v) is 24.2. The highest BCUT2D eigenvalue weighted by Crippen LogP contribution is 2.39. The molecule has 0 unspecified atom stereocenters. The predicted molar refractivity (Wildman–Crippen MR) is 162 cm³/mol. The molecule has 11 heteroatoms. The molecule has 0 saturated carbocycles. The lowest BCUT2D eigenvalue weighted by Gasteiger charge is -2.33. The van der Waals surface area contributed by atoms with Gasteiger partial charge in [-0.3, -0.25) is 4.98 Å². The Morgan fingerprint density at radius 3 is 2.67 bits per heavy atom. The van der Waals surface area contributed by atoms with Crippen LogP contribution in [0.3, 0.4) is 0 Å². The molecular weight excluding hydrogens is 528 g/mol. The Bertz CT molecular complexity index is 1360. The SMILES string of the molecule is CCNc1nc(-c2cccc(OC)c2)c(-c2ccnc(Nc3ccc(CCN4CCN(SC)CC4)nc3)n2)s1. The number of methoxy groups -OCH3 is 1. The smallest absolute Gasteiger partial charge is 0.227 e. The van der Waals surface area contributed by atoms with Crippen molar-refractivity contribution in [1.29, 1.82) is 0 Å². The first-order chi connectivity index (χ1) is 19.1. The molecule has 9 nitrogen and oxygen atoms in total. The van der Waals surface area contributed by atoms with Crippen LogP contribution in [0, 0.1) is 0 Å². The molecule has 1 aliphatic heterocycles. The lowest BCUT2D eigenvalue weighted by atomic mass is 10.1. The van der Waals surface area contributed by atoms with Crippen molar-refractivity contribution in [3.63, 3.8) is 0 Å². The molecule has 4 aromatic rings. The minimum absolute atomic E-state index is 0.517. The third-order valence-corrected chi connectivity index (χ3v) is 8.46. The van der Waals surface area contributed by atoms with E-state index < -0.39 is 0 Å². The summed E-state index contributed by atoms with van der Waals surface area (Å²) < 4.78 is 7.86. The number of ether oxygens (including phenoxy) is 1. The Morgan fingerprint density at radius 2 is 1.92 bits per heavy atom. The van der Waals surface area contributed by atoms with Crippen LogP contribution in [0.1, 0.15) is 12.6 Å². The molecule has 0 amide bonds. The molecule has 5 rings (SSSR count). The number of hydrogen-bond donors (Lipinski definition) is 2. The molecule has 0 radical (unpaired) electrons. The Labute approximate surface area is 238 Å². The Kier molecular flexibility index (Phi) is 9.25. The number of thiazole rings is 1. The van der Waals surface area contributed by atoms with Crippen LogP contribution in [0.4, 0.5) is 16.8 Å². The minimum atomic E-state index is 0.517. The molecule has 2 N–H and O–H groups in total. The van der Waals surface area contributed by atoms with Gasteiger partial charge in [0, 0.05) is 63.1 Å². The van der Waals surface area contributed by atoms with E-state index in [1.807, 2.05) is 54.5 Å². The van der Waals surface area contributed by atoms with Gasteiger partial charge in [0.2, 0.25) is 5.95 Å². The summed E-state index contributed by atoms with van der Waals surface area (Å²) >= 11 is 3.41. The van der Waals surface area contributed by atoms with Crippen molar-refractivity contribution in [2.75, 3.05) is 63.3 Å². The van der Waals surface area contributed by atoms with Gasteiger partial charge in [0.1, 0.15) is 5.75 Å². The van der Waals surface area contributed by atoms with Crippen LogP contribution < -0.4 is 15.4 Å². The molecule has 39 heavy (non-hydrogen) atoms. The van der Waals surface area contributed by atoms with Gasteiger partial charge in [0.15, 0.2) is 5.13 Å². The first-order valence-electron chi connectivity index (χ1n) is 13.1. The monoisotopic (exact) mass is 562 g/mol. The third kappa shape index (κ3) is 7.04. The average Bonchev–Trinajstić information content (AvgIpc) is 3.41. The second-order valence-electron chi connectivity index (χ2n) is 9.09. The molecule has 3 aromatic heterocycles. The van der Waals surface area contributed by atoms with Crippen LogP contribution in [0.2, 0.25) is 0 Å². The van der Waals surface area contributed by atoms with Crippen molar-refractivity contribution in [2.45, 2.75) is 13.3 Å². The maximum atomic E-state index is 5.44. The lowest BCUT2D eigenvalue weighted by molar-refractivity contribution is 0.198. The molecule has 1 aliphatic rings. The Balaban J connectivity index is 1.28. The summed E-state index contributed by atoms with van der Waals surface area (Å²) in [5, 5.41) is 7.50. The minimum Gasteiger partial charge on any atom is -0.497 e. The van der Waals surface area contributed by atoms with Gasteiger partial charge in [-0.2, -0.15) is 0 Å². The average molecular weight is 563 g/mol. The van der Waals surface area contributed by atoms with E-state index in [0.29, 0.717) is 5.95 Å². The fourth-order valence-electron chi connectivity index (χ4n) is 4.42. The van der Waals surface area contributed by atoms with Crippen LogP contribution in [0.15, 0.2) is 54.9 Å². The first kappa shape index (κ1) is 27.3. The molecule has 1 saturated heterocycles. The van der Waals surface area contributed by atoms with Crippen molar-refractivity contribution < 1.29 is 4.74 Å². The first-order valence-corrected chi connectivity index (χ1v) is 15.1. The quantitative estimate of drug-likeness (QED) is 0.235. The Hall–Kier alpha value is -3.25. The highest BCUT2D eigenvalue weighted by molar-refractivity contribution is 7.96. The number of hydrogen-bond acceptors (Lipinski definition) is 11. The third-order valence-electron chi connectivity index (χ3n) is 6.54. The van der Waals surface area contributed by atoms with E-state index in [1.165, 1.54) is 0 Å². The zero-order chi connectivity index (χ0) is 27.0. The summed E-state index contributed by atoms with van der Waals surface area (Å²) in [6.45, 7) is 8.36. The molecule has 0 spiro atoms. The molecule has 0 bridgehead atoms. The van der Waals surface area contributed by atoms with E-state index >= 15 is 0 Å². The molecule has 4 heterocycles. The Morgan fingerprint density at radius 1 is 1.05 bits per heavy atom. The van der Waals surface area contributed by atoms with E-state index in [4.69, 9.17) is 14.7 Å². The second-order valence-corrected chi connectivity index (χ2v) is 11.0. The number of rotatable bonds is 11. The van der Waals surface area contributed by atoms with Crippen molar-refractivity contribution >= 4 is 40.1 Å². The fourth-order valence-corrected chi connectivity index (χ4v) is 5.97. The van der Waals surface area contributed by atoms with Crippen LogP contribution in [-0.2, 0) is 6.42 Å². The lowest BCUT2D eigenvalue weighted by Crippen LogP contribution is -2.44.